The SMILES string of the molecule is CN(C)CCC1(O)CC2CCCC(C1)N2C(=O)OCc1ccccc1. The highest BCUT2D eigenvalue weighted by Crippen LogP contribution is 2.41. The lowest BCUT2D eigenvalue weighted by Crippen LogP contribution is -2.60. The third-order valence-electron chi connectivity index (χ3n) is 5.53. The quantitative estimate of drug-likeness (QED) is 0.890. The molecule has 2 unspecified atom stereocenters. The Labute approximate surface area is 150 Å². The van der Waals surface area contributed by atoms with Gasteiger partial charge in [0.15, 0.2) is 0 Å². The number of nitrogens with zero attached hydrogens (tertiary/aromatic N) is 2. The number of ether oxygens (including phenoxy) is 1. The molecule has 5 heteroatoms. The van der Waals surface area contributed by atoms with Gasteiger partial charge < -0.3 is 19.6 Å². The molecule has 2 bridgehead atoms. The number of piperidine rings is 2. The van der Waals surface area contributed by atoms with Gasteiger partial charge in [-0.3, -0.25) is 0 Å². The number of rotatable bonds is 5. The summed E-state index contributed by atoms with van der Waals surface area (Å²) in [6.45, 7) is 1.18. The van der Waals surface area contributed by atoms with Crippen LogP contribution in [-0.2, 0) is 11.3 Å². The number of fused-ring (bicyclic) bond motifs is 2. The average Bonchev–Trinajstić information content (AvgIpc) is 2.58. The molecular weight excluding hydrogens is 316 g/mol. The van der Waals surface area contributed by atoms with E-state index in [0.717, 1.165) is 37.8 Å². The fourth-order valence-corrected chi connectivity index (χ4v) is 4.25. The molecule has 0 radical (unpaired) electrons. The molecule has 2 saturated heterocycles. The molecule has 2 aliphatic rings. The Morgan fingerprint density at radius 2 is 1.88 bits per heavy atom. The van der Waals surface area contributed by atoms with E-state index in [1.807, 2.05) is 49.3 Å². The zero-order valence-electron chi connectivity index (χ0n) is 15.4. The highest BCUT2D eigenvalue weighted by atomic mass is 16.6. The van der Waals surface area contributed by atoms with Crippen molar-refractivity contribution in [3.8, 4) is 0 Å². The van der Waals surface area contributed by atoms with Crippen LogP contribution in [0.25, 0.3) is 0 Å². The molecule has 1 aromatic rings. The summed E-state index contributed by atoms with van der Waals surface area (Å²) >= 11 is 0. The highest BCUT2D eigenvalue weighted by molar-refractivity contribution is 5.69. The molecule has 0 aliphatic carbocycles. The largest absolute Gasteiger partial charge is 0.445 e. The van der Waals surface area contributed by atoms with Gasteiger partial charge in [0.25, 0.3) is 0 Å². The second kappa shape index (κ2) is 7.75. The first-order valence-electron chi connectivity index (χ1n) is 9.33. The van der Waals surface area contributed by atoms with Gasteiger partial charge in [0.05, 0.1) is 5.60 Å². The van der Waals surface area contributed by atoms with Crippen molar-refractivity contribution in [2.45, 2.75) is 62.8 Å². The van der Waals surface area contributed by atoms with Crippen molar-refractivity contribution in [1.29, 1.82) is 0 Å². The number of hydrogen-bond acceptors (Lipinski definition) is 4. The van der Waals surface area contributed by atoms with Crippen LogP contribution in [0.2, 0.25) is 0 Å². The third-order valence-corrected chi connectivity index (χ3v) is 5.53. The van der Waals surface area contributed by atoms with Gasteiger partial charge in [0.2, 0.25) is 0 Å². The van der Waals surface area contributed by atoms with Crippen LogP contribution in [0.3, 0.4) is 0 Å². The number of hydrogen-bond donors (Lipinski definition) is 1. The monoisotopic (exact) mass is 346 g/mol. The fraction of sp³-hybridized carbons (Fsp3) is 0.650. The molecule has 2 atom stereocenters. The standard InChI is InChI=1S/C20H30N2O3/c1-21(2)12-11-20(24)13-17-9-6-10-18(14-20)22(17)19(23)25-15-16-7-4-3-5-8-16/h3-5,7-8,17-18,24H,6,9-15H2,1-2H3. The predicted octanol–water partition coefficient (Wildman–Crippen LogP) is 3.02. The lowest BCUT2D eigenvalue weighted by Gasteiger charge is -2.51. The van der Waals surface area contributed by atoms with Crippen molar-refractivity contribution in [3.05, 3.63) is 35.9 Å². The van der Waals surface area contributed by atoms with Crippen molar-refractivity contribution >= 4 is 6.09 Å². The molecule has 1 amide bonds. The Bertz CT molecular complexity index is 562. The maximum atomic E-state index is 12.7. The van der Waals surface area contributed by atoms with Crippen molar-refractivity contribution in [3.63, 3.8) is 0 Å². The first kappa shape index (κ1) is 18.2. The first-order chi connectivity index (χ1) is 12.0. The van der Waals surface area contributed by atoms with E-state index in [9.17, 15) is 9.90 Å². The van der Waals surface area contributed by atoms with Crippen LogP contribution in [-0.4, -0.2) is 59.3 Å². The van der Waals surface area contributed by atoms with E-state index in [1.54, 1.807) is 0 Å². The zero-order chi connectivity index (χ0) is 17.9. The molecule has 25 heavy (non-hydrogen) atoms. The van der Waals surface area contributed by atoms with E-state index >= 15 is 0 Å². The zero-order valence-corrected chi connectivity index (χ0v) is 15.4. The van der Waals surface area contributed by atoms with Crippen LogP contribution in [0.15, 0.2) is 30.3 Å². The Hall–Kier alpha value is -1.59. The summed E-state index contributed by atoms with van der Waals surface area (Å²) in [5.41, 5.74) is 0.344. The van der Waals surface area contributed by atoms with E-state index in [-0.39, 0.29) is 18.2 Å². The normalized spacial score (nSPS) is 28.9. The van der Waals surface area contributed by atoms with E-state index < -0.39 is 5.60 Å². The Morgan fingerprint density at radius 1 is 1.24 bits per heavy atom. The highest BCUT2D eigenvalue weighted by Gasteiger charge is 2.47. The first-order valence-corrected chi connectivity index (χ1v) is 9.33. The summed E-state index contributed by atoms with van der Waals surface area (Å²) in [6.07, 6.45) is 4.91. The molecule has 2 aliphatic heterocycles. The van der Waals surface area contributed by atoms with Crippen LogP contribution in [0.5, 0.6) is 0 Å². The fourth-order valence-electron chi connectivity index (χ4n) is 4.25. The molecule has 1 aromatic carbocycles. The maximum Gasteiger partial charge on any atom is 0.410 e. The molecule has 1 N–H and O–H groups in total. The summed E-state index contributed by atoms with van der Waals surface area (Å²) in [4.78, 5) is 16.7. The summed E-state index contributed by atoms with van der Waals surface area (Å²) in [6, 6.07) is 9.97. The van der Waals surface area contributed by atoms with Crippen LogP contribution in [0, 0.1) is 0 Å². The average molecular weight is 346 g/mol. The number of carbonyl (C=O) groups is 1. The molecule has 0 saturated carbocycles. The summed E-state index contributed by atoms with van der Waals surface area (Å²) in [7, 11) is 4.06. The van der Waals surface area contributed by atoms with E-state index in [1.165, 1.54) is 0 Å². The van der Waals surface area contributed by atoms with Gasteiger partial charge in [-0.15, -0.1) is 0 Å². The van der Waals surface area contributed by atoms with Gasteiger partial charge in [-0.05, 0) is 58.2 Å². The third kappa shape index (κ3) is 4.53. The minimum Gasteiger partial charge on any atom is -0.445 e. The molecule has 3 rings (SSSR count). The van der Waals surface area contributed by atoms with Gasteiger partial charge in [-0.25, -0.2) is 4.79 Å². The Kier molecular flexibility index (Phi) is 5.64. The van der Waals surface area contributed by atoms with Crippen molar-refractivity contribution in [1.82, 2.24) is 9.80 Å². The number of carbonyl (C=O) groups excluding carboxylic acids is 1. The molecular formula is C20H30N2O3. The second-order valence-corrected chi connectivity index (χ2v) is 7.87. The number of benzene rings is 1. The van der Waals surface area contributed by atoms with Crippen LogP contribution in [0.4, 0.5) is 4.79 Å². The molecule has 2 fully saturated rings. The molecule has 2 heterocycles. The lowest BCUT2D eigenvalue weighted by molar-refractivity contribution is -0.0908. The minimum atomic E-state index is -0.657. The maximum absolute atomic E-state index is 12.7. The Balaban J connectivity index is 1.61. The van der Waals surface area contributed by atoms with Crippen molar-refractivity contribution < 1.29 is 14.6 Å². The van der Waals surface area contributed by atoms with Crippen LogP contribution >= 0.6 is 0 Å². The van der Waals surface area contributed by atoms with E-state index in [2.05, 4.69) is 4.90 Å². The van der Waals surface area contributed by atoms with Gasteiger partial charge in [-0.1, -0.05) is 30.3 Å². The predicted molar refractivity (Wildman–Crippen MR) is 97.2 cm³/mol. The van der Waals surface area contributed by atoms with Gasteiger partial charge in [0, 0.05) is 18.6 Å². The van der Waals surface area contributed by atoms with Gasteiger partial charge in [-0.2, -0.15) is 0 Å². The summed E-state index contributed by atoms with van der Waals surface area (Å²) in [5.74, 6) is 0. The second-order valence-electron chi connectivity index (χ2n) is 7.87. The molecule has 0 aromatic heterocycles. The summed E-state index contributed by atoms with van der Waals surface area (Å²) in [5, 5.41) is 11.0. The van der Waals surface area contributed by atoms with Crippen LogP contribution < -0.4 is 0 Å². The number of amides is 1. The number of aliphatic hydroxyl groups is 1. The van der Waals surface area contributed by atoms with E-state index in [0.29, 0.717) is 19.4 Å². The van der Waals surface area contributed by atoms with E-state index in [4.69, 9.17) is 4.74 Å². The molecule has 138 valence electrons. The molecule has 0 spiro atoms. The van der Waals surface area contributed by atoms with Gasteiger partial charge in [0.1, 0.15) is 6.61 Å². The minimum absolute atomic E-state index is 0.0999. The lowest BCUT2D eigenvalue weighted by atomic mass is 9.74. The Morgan fingerprint density at radius 3 is 2.48 bits per heavy atom. The smallest absolute Gasteiger partial charge is 0.410 e. The summed E-state index contributed by atoms with van der Waals surface area (Å²) < 4.78 is 5.57. The van der Waals surface area contributed by atoms with Crippen LogP contribution in [0.1, 0.15) is 44.1 Å². The van der Waals surface area contributed by atoms with Crippen molar-refractivity contribution in [2.75, 3.05) is 20.6 Å². The molecule has 5 nitrogen and oxygen atoms in total. The topological polar surface area (TPSA) is 53.0 Å². The van der Waals surface area contributed by atoms with Gasteiger partial charge >= 0.3 is 6.09 Å². The van der Waals surface area contributed by atoms with Crippen molar-refractivity contribution in [2.24, 2.45) is 0 Å².